The number of aromatic nitrogens is 1. The first kappa shape index (κ1) is 16.5. The van der Waals surface area contributed by atoms with E-state index >= 15 is 0 Å². The molecule has 0 aliphatic carbocycles. The van der Waals surface area contributed by atoms with Gasteiger partial charge in [0.1, 0.15) is 0 Å². The first-order valence-electron chi connectivity index (χ1n) is 7.57. The summed E-state index contributed by atoms with van der Waals surface area (Å²) in [6, 6.07) is 10.3. The molecule has 0 atom stereocenters. The highest BCUT2D eigenvalue weighted by atomic mass is 32.2. The maximum absolute atomic E-state index is 4.46. The van der Waals surface area contributed by atoms with Gasteiger partial charge in [0.25, 0.3) is 0 Å². The van der Waals surface area contributed by atoms with Crippen LogP contribution < -0.4 is 4.72 Å². The molecule has 0 unspecified atom stereocenters. The minimum atomic E-state index is 0.918. The van der Waals surface area contributed by atoms with Crippen molar-refractivity contribution >= 4 is 22.9 Å². The lowest BCUT2D eigenvalue weighted by Gasteiger charge is -2.05. The average molecular weight is 310 g/mol. The molecule has 0 saturated heterocycles. The number of pyridine rings is 1. The molecule has 3 heteroatoms. The van der Waals surface area contributed by atoms with Gasteiger partial charge >= 0.3 is 0 Å². The van der Waals surface area contributed by atoms with Gasteiger partial charge in [0.05, 0.1) is 5.52 Å². The van der Waals surface area contributed by atoms with Gasteiger partial charge in [-0.1, -0.05) is 56.0 Å². The summed E-state index contributed by atoms with van der Waals surface area (Å²) in [5.41, 5.74) is 2.24. The number of nitrogens with one attached hydrogen (secondary N) is 1. The van der Waals surface area contributed by atoms with Crippen LogP contribution in [0, 0.1) is 0 Å². The van der Waals surface area contributed by atoms with E-state index in [4.69, 9.17) is 0 Å². The molecule has 0 aliphatic heterocycles. The van der Waals surface area contributed by atoms with E-state index in [1.165, 1.54) is 15.9 Å². The quantitative estimate of drug-likeness (QED) is 0.407. The fourth-order valence-corrected chi connectivity index (χ4v) is 2.89. The van der Waals surface area contributed by atoms with Crippen LogP contribution in [0.4, 0.5) is 0 Å². The van der Waals surface area contributed by atoms with Gasteiger partial charge in [-0.2, -0.15) is 0 Å². The van der Waals surface area contributed by atoms with Gasteiger partial charge < -0.3 is 0 Å². The Morgan fingerprint density at radius 1 is 1.32 bits per heavy atom. The van der Waals surface area contributed by atoms with Gasteiger partial charge in [-0.05, 0) is 42.5 Å². The topological polar surface area (TPSA) is 24.9 Å². The normalized spacial score (nSPS) is 12.1. The van der Waals surface area contributed by atoms with E-state index in [0.717, 1.165) is 24.9 Å². The third kappa shape index (κ3) is 4.86. The fraction of sp³-hybridized carbons (Fsp3) is 0.211. The smallest absolute Gasteiger partial charge is 0.0850 e. The number of fused-ring (bicyclic) bond motifs is 1. The number of hydrogen-bond acceptors (Lipinski definition) is 3. The molecule has 1 aromatic heterocycles. The van der Waals surface area contributed by atoms with E-state index in [1.807, 2.05) is 18.3 Å². The van der Waals surface area contributed by atoms with E-state index in [2.05, 4.69) is 65.7 Å². The van der Waals surface area contributed by atoms with Crippen LogP contribution in [-0.4, -0.2) is 11.5 Å². The van der Waals surface area contributed by atoms with Gasteiger partial charge in [-0.15, -0.1) is 0 Å². The van der Waals surface area contributed by atoms with E-state index in [-0.39, 0.29) is 0 Å². The summed E-state index contributed by atoms with van der Waals surface area (Å²) in [5, 5.41) is 1.18. The Bertz CT molecular complexity index is 669. The molecule has 0 bridgehead atoms. The van der Waals surface area contributed by atoms with Crippen LogP contribution in [0.5, 0.6) is 0 Å². The summed E-state index contributed by atoms with van der Waals surface area (Å²) in [7, 11) is 0. The van der Waals surface area contributed by atoms with Gasteiger partial charge in [-0.3, -0.25) is 9.71 Å². The Labute approximate surface area is 137 Å². The molecule has 0 fully saturated rings. The van der Waals surface area contributed by atoms with Crippen molar-refractivity contribution in [1.29, 1.82) is 0 Å². The third-order valence-electron chi connectivity index (χ3n) is 3.18. The molecule has 0 amide bonds. The first-order chi connectivity index (χ1) is 10.8. The monoisotopic (exact) mass is 310 g/mol. The molecule has 0 saturated carbocycles. The predicted molar refractivity (Wildman–Crippen MR) is 97.9 cm³/mol. The van der Waals surface area contributed by atoms with E-state index < -0.39 is 0 Å². The molecule has 0 radical (unpaired) electrons. The molecule has 22 heavy (non-hydrogen) atoms. The number of nitrogens with zero attached hydrogens (tertiary/aromatic N) is 1. The zero-order valence-electron chi connectivity index (χ0n) is 13.0. The molecule has 2 aromatic rings. The van der Waals surface area contributed by atoms with Crippen LogP contribution in [-0.2, 0) is 0 Å². The van der Waals surface area contributed by atoms with Gasteiger partial charge in [0.15, 0.2) is 0 Å². The minimum Gasteiger partial charge on any atom is -0.260 e. The second-order valence-electron chi connectivity index (χ2n) is 4.84. The highest BCUT2D eigenvalue weighted by Gasteiger charge is 2.01. The third-order valence-corrected chi connectivity index (χ3v) is 4.07. The summed E-state index contributed by atoms with van der Waals surface area (Å²) in [6.07, 6.45) is 12.2. The highest BCUT2D eigenvalue weighted by Crippen LogP contribution is 2.23. The van der Waals surface area contributed by atoms with Gasteiger partial charge in [0.2, 0.25) is 0 Å². The van der Waals surface area contributed by atoms with Gasteiger partial charge in [-0.25, -0.2) is 0 Å². The maximum Gasteiger partial charge on any atom is 0.0850 e. The maximum atomic E-state index is 4.46. The molecule has 0 aliphatic rings. The lowest BCUT2D eigenvalue weighted by molar-refractivity contribution is 0.936. The van der Waals surface area contributed by atoms with Crippen molar-refractivity contribution in [2.24, 2.45) is 0 Å². The van der Waals surface area contributed by atoms with Crippen molar-refractivity contribution in [3.05, 3.63) is 73.0 Å². The summed E-state index contributed by atoms with van der Waals surface area (Å²) in [5.74, 6) is 0. The van der Waals surface area contributed by atoms with Crippen molar-refractivity contribution < 1.29 is 0 Å². The van der Waals surface area contributed by atoms with Crippen molar-refractivity contribution in [3.63, 3.8) is 0 Å². The number of allylic oxidation sites excluding steroid dienone is 4. The van der Waals surface area contributed by atoms with Gasteiger partial charge in [0, 0.05) is 23.0 Å². The molecule has 1 aromatic carbocycles. The lowest BCUT2D eigenvalue weighted by Crippen LogP contribution is -2.04. The van der Waals surface area contributed by atoms with E-state index in [1.54, 1.807) is 11.9 Å². The number of hydrogen-bond donors (Lipinski definition) is 1. The van der Waals surface area contributed by atoms with Crippen LogP contribution in [0.2, 0.25) is 0 Å². The van der Waals surface area contributed by atoms with E-state index in [9.17, 15) is 0 Å². The predicted octanol–water partition coefficient (Wildman–Crippen LogP) is 5.30. The summed E-state index contributed by atoms with van der Waals surface area (Å²) in [6.45, 7) is 6.87. The van der Waals surface area contributed by atoms with Crippen LogP contribution >= 0.6 is 11.9 Å². The molecular formula is C19H22N2S. The Morgan fingerprint density at radius 2 is 2.18 bits per heavy atom. The molecular weight excluding hydrogens is 288 g/mol. The molecule has 114 valence electrons. The highest BCUT2D eigenvalue weighted by molar-refractivity contribution is 7.97. The van der Waals surface area contributed by atoms with Crippen LogP contribution in [0.15, 0.2) is 77.9 Å². The van der Waals surface area contributed by atoms with Crippen molar-refractivity contribution in [1.82, 2.24) is 9.71 Å². The first-order valence-corrected chi connectivity index (χ1v) is 8.39. The van der Waals surface area contributed by atoms with Crippen LogP contribution in [0.3, 0.4) is 0 Å². The molecule has 1 heterocycles. The molecule has 0 spiro atoms. The Morgan fingerprint density at radius 3 is 3.00 bits per heavy atom. The standard InChI is InChI=1S/C19H22N2S/c1-3-9-16(4-2)10-5-6-15-21-22-18-13-7-11-17-12-8-14-20-19(17)18/h4-5,7-14,21H,2-3,6,15H2,1H3/b10-5-,16-9-. The van der Waals surface area contributed by atoms with Crippen LogP contribution in [0.25, 0.3) is 10.9 Å². The molecule has 2 nitrogen and oxygen atoms in total. The second kappa shape index (κ2) is 9.23. The Balaban J connectivity index is 1.82. The molecule has 2 rings (SSSR count). The average Bonchev–Trinajstić information content (AvgIpc) is 2.57. The number of benzene rings is 1. The lowest BCUT2D eigenvalue weighted by atomic mass is 10.2. The van der Waals surface area contributed by atoms with Crippen LogP contribution in [0.1, 0.15) is 19.8 Å². The summed E-state index contributed by atoms with van der Waals surface area (Å²) < 4.78 is 3.40. The summed E-state index contributed by atoms with van der Waals surface area (Å²) >= 11 is 1.64. The zero-order chi connectivity index (χ0) is 15.6. The second-order valence-corrected chi connectivity index (χ2v) is 5.77. The van der Waals surface area contributed by atoms with Crippen molar-refractivity contribution in [2.45, 2.75) is 24.7 Å². The number of rotatable bonds is 8. The van der Waals surface area contributed by atoms with Crippen molar-refractivity contribution in [2.75, 3.05) is 6.54 Å². The SMILES string of the molecule is C=CC(/C=C\CCNSc1cccc2cccnc12)=C/CC. The molecule has 1 N–H and O–H groups in total. The fourth-order valence-electron chi connectivity index (χ4n) is 2.10. The van der Waals surface area contributed by atoms with E-state index in [0.29, 0.717) is 0 Å². The minimum absolute atomic E-state index is 0.918. The number of para-hydroxylation sites is 1. The largest absolute Gasteiger partial charge is 0.260 e. The Kier molecular flexibility index (Phi) is 6.94. The zero-order valence-corrected chi connectivity index (χ0v) is 13.8. The van der Waals surface area contributed by atoms with Crippen molar-refractivity contribution in [3.8, 4) is 0 Å². The summed E-state index contributed by atoms with van der Waals surface area (Å²) in [4.78, 5) is 5.62. The Hall–Kier alpha value is -1.84.